The average Bonchev–Trinajstić information content (AvgIpc) is 2.41. The van der Waals surface area contributed by atoms with Gasteiger partial charge in [0.2, 0.25) is 0 Å². The lowest BCUT2D eigenvalue weighted by Crippen LogP contribution is -2.46. The van der Waals surface area contributed by atoms with Crippen LogP contribution in [-0.4, -0.2) is 46.6 Å². The molecule has 1 aromatic carbocycles. The van der Waals surface area contributed by atoms with Gasteiger partial charge in [0.25, 0.3) is 5.91 Å². The van der Waals surface area contributed by atoms with Crippen LogP contribution in [0.2, 0.25) is 0 Å². The minimum absolute atomic E-state index is 0.0993. The summed E-state index contributed by atoms with van der Waals surface area (Å²) in [4.78, 5) is 14.7. The van der Waals surface area contributed by atoms with Crippen molar-refractivity contribution in [1.29, 1.82) is 0 Å². The van der Waals surface area contributed by atoms with E-state index in [2.05, 4.69) is 10.2 Å². The SMILES string of the molecule is NC(=S)CN1CCC(NC(=O)c2ccc(O)cc2)CC1. The van der Waals surface area contributed by atoms with E-state index in [0.29, 0.717) is 17.1 Å². The lowest BCUT2D eigenvalue weighted by molar-refractivity contribution is 0.0915. The van der Waals surface area contributed by atoms with E-state index in [1.165, 1.54) is 12.1 Å². The predicted octanol–water partition coefficient (Wildman–Crippen LogP) is 0.872. The molecule has 0 unspecified atom stereocenters. The van der Waals surface area contributed by atoms with Gasteiger partial charge in [0, 0.05) is 31.2 Å². The van der Waals surface area contributed by atoms with Crippen LogP contribution in [0, 0.1) is 0 Å². The maximum absolute atomic E-state index is 12.0. The first-order valence-electron chi connectivity index (χ1n) is 6.65. The molecule has 0 atom stereocenters. The second kappa shape index (κ2) is 6.67. The molecule has 5 nitrogen and oxygen atoms in total. The molecule has 20 heavy (non-hydrogen) atoms. The molecule has 0 aromatic heterocycles. The predicted molar refractivity (Wildman–Crippen MR) is 81.8 cm³/mol. The van der Waals surface area contributed by atoms with Crippen LogP contribution in [-0.2, 0) is 0 Å². The highest BCUT2D eigenvalue weighted by Gasteiger charge is 2.21. The second-order valence-corrected chi connectivity index (χ2v) is 5.56. The summed E-state index contributed by atoms with van der Waals surface area (Å²) in [6.45, 7) is 2.42. The van der Waals surface area contributed by atoms with Gasteiger partial charge in [-0.1, -0.05) is 12.2 Å². The topological polar surface area (TPSA) is 78.6 Å². The molecule has 0 bridgehead atoms. The minimum atomic E-state index is -0.0993. The van der Waals surface area contributed by atoms with Crippen LogP contribution in [0.3, 0.4) is 0 Å². The third-order valence-corrected chi connectivity index (χ3v) is 3.56. The van der Waals surface area contributed by atoms with Gasteiger partial charge in [0.15, 0.2) is 0 Å². The fourth-order valence-corrected chi connectivity index (χ4v) is 2.52. The van der Waals surface area contributed by atoms with Gasteiger partial charge >= 0.3 is 0 Å². The highest BCUT2D eigenvalue weighted by molar-refractivity contribution is 7.80. The average molecular weight is 293 g/mol. The van der Waals surface area contributed by atoms with Gasteiger partial charge in [-0.3, -0.25) is 9.69 Å². The molecular weight excluding hydrogens is 274 g/mol. The van der Waals surface area contributed by atoms with Crippen molar-refractivity contribution in [3.63, 3.8) is 0 Å². The number of phenolic OH excluding ortho intramolecular Hbond substituents is 1. The van der Waals surface area contributed by atoms with Gasteiger partial charge < -0.3 is 16.2 Å². The fraction of sp³-hybridized carbons (Fsp3) is 0.429. The molecule has 1 fully saturated rings. The Hall–Kier alpha value is -1.66. The molecule has 0 radical (unpaired) electrons. The van der Waals surface area contributed by atoms with Crippen molar-refractivity contribution < 1.29 is 9.90 Å². The van der Waals surface area contributed by atoms with E-state index in [1.807, 2.05) is 0 Å². The van der Waals surface area contributed by atoms with Gasteiger partial charge in [-0.2, -0.15) is 0 Å². The zero-order chi connectivity index (χ0) is 14.5. The first-order valence-corrected chi connectivity index (χ1v) is 7.06. The number of amides is 1. The number of hydrogen-bond acceptors (Lipinski definition) is 4. The molecule has 2 rings (SSSR count). The van der Waals surface area contributed by atoms with Crippen molar-refractivity contribution >= 4 is 23.1 Å². The highest BCUT2D eigenvalue weighted by Crippen LogP contribution is 2.13. The lowest BCUT2D eigenvalue weighted by atomic mass is 10.0. The normalized spacial score (nSPS) is 16.8. The molecule has 1 aliphatic heterocycles. The van der Waals surface area contributed by atoms with Gasteiger partial charge in [0.05, 0.1) is 4.99 Å². The summed E-state index contributed by atoms with van der Waals surface area (Å²) in [7, 11) is 0. The molecular formula is C14H19N3O2S. The van der Waals surface area contributed by atoms with E-state index in [0.717, 1.165) is 25.9 Å². The second-order valence-electron chi connectivity index (χ2n) is 5.04. The maximum Gasteiger partial charge on any atom is 0.251 e. The first kappa shape index (κ1) is 14.7. The number of carbonyl (C=O) groups is 1. The number of aromatic hydroxyl groups is 1. The van der Waals surface area contributed by atoms with Crippen molar-refractivity contribution in [2.45, 2.75) is 18.9 Å². The van der Waals surface area contributed by atoms with Crippen molar-refractivity contribution in [2.75, 3.05) is 19.6 Å². The largest absolute Gasteiger partial charge is 0.508 e. The molecule has 4 N–H and O–H groups in total. The molecule has 0 saturated carbocycles. The molecule has 1 aromatic rings. The van der Waals surface area contributed by atoms with E-state index < -0.39 is 0 Å². The number of nitrogens with two attached hydrogens (primary N) is 1. The van der Waals surface area contributed by atoms with Crippen molar-refractivity contribution in [1.82, 2.24) is 10.2 Å². The summed E-state index contributed by atoms with van der Waals surface area (Å²) in [6, 6.07) is 6.44. The summed E-state index contributed by atoms with van der Waals surface area (Å²) < 4.78 is 0. The maximum atomic E-state index is 12.0. The number of rotatable bonds is 4. The van der Waals surface area contributed by atoms with Crippen LogP contribution < -0.4 is 11.1 Å². The number of nitrogens with zero attached hydrogens (tertiary/aromatic N) is 1. The number of hydrogen-bond donors (Lipinski definition) is 3. The molecule has 1 saturated heterocycles. The van der Waals surface area contributed by atoms with E-state index in [-0.39, 0.29) is 17.7 Å². The van der Waals surface area contributed by atoms with Crippen LogP contribution in [0.5, 0.6) is 5.75 Å². The lowest BCUT2D eigenvalue weighted by Gasteiger charge is -2.31. The summed E-state index contributed by atoms with van der Waals surface area (Å²) in [5.41, 5.74) is 6.09. The Bertz CT molecular complexity index is 482. The summed E-state index contributed by atoms with van der Waals surface area (Å²) >= 11 is 4.90. The zero-order valence-corrected chi connectivity index (χ0v) is 12.0. The molecule has 1 heterocycles. The molecule has 1 amide bonds. The van der Waals surface area contributed by atoms with Gasteiger partial charge in [-0.15, -0.1) is 0 Å². The van der Waals surface area contributed by atoms with Gasteiger partial charge in [-0.05, 0) is 37.1 Å². The van der Waals surface area contributed by atoms with Crippen molar-refractivity contribution in [3.05, 3.63) is 29.8 Å². The Kier molecular flexibility index (Phi) is 4.92. The number of thiocarbonyl (C=S) groups is 1. The van der Waals surface area contributed by atoms with Crippen LogP contribution >= 0.6 is 12.2 Å². The number of piperidine rings is 1. The number of nitrogens with one attached hydrogen (secondary N) is 1. The van der Waals surface area contributed by atoms with Gasteiger partial charge in [-0.25, -0.2) is 0 Å². The monoisotopic (exact) mass is 293 g/mol. The number of benzene rings is 1. The fourth-order valence-electron chi connectivity index (χ4n) is 2.34. The molecule has 0 aliphatic carbocycles. The zero-order valence-electron chi connectivity index (χ0n) is 11.2. The third kappa shape index (κ3) is 4.18. The van der Waals surface area contributed by atoms with Crippen molar-refractivity contribution in [2.24, 2.45) is 5.73 Å². The van der Waals surface area contributed by atoms with E-state index in [1.54, 1.807) is 12.1 Å². The highest BCUT2D eigenvalue weighted by atomic mass is 32.1. The first-order chi connectivity index (χ1) is 9.54. The quantitative estimate of drug-likeness (QED) is 0.718. The molecule has 108 valence electrons. The van der Waals surface area contributed by atoms with Crippen molar-refractivity contribution in [3.8, 4) is 5.75 Å². The van der Waals surface area contributed by atoms with Crippen LogP contribution in [0.15, 0.2) is 24.3 Å². The summed E-state index contributed by atoms with van der Waals surface area (Å²) in [5, 5.41) is 12.2. The van der Waals surface area contributed by atoms with Crippen LogP contribution in [0.1, 0.15) is 23.2 Å². The number of carbonyl (C=O) groups excluding carboxylic acids is 1. The third-order valence-electron chi connectivity index (χ3n) is 3.43. The summed E-state index contributed by atoms with van der Waals surface area (Å²) in [5.74, 6) is 0.0606. The van der Waals surface area contributed by atoms with Crippen LogP contribution in [0.25, 0.3) is 0 Å². The van der Waals surface area contributed by atoms with E-state index >= 15 is 0 Å². The Morgan fingerprint density at radius 3 is 2.50 bits per heavy atom. The van der Waals surface area contributed by atoms with E-state index in [4.69, 9.17) is 18.0 Å². The van der Waals surface area contributed by atoms with Gasteiger partial charge in [0.1, 0.15) is 5.75 Å². The standard InChI is InChI=1S/C14H19N3O2S/c15-13(20)9-17-7-5-11(6-8-17)16-14(19)10-1-3-12(18)4-2-10/h1-4,11,18H,5-9H2,(H2,15,20)(H,16,19). The van der Waals surface area contributed by atoms with Crippen LogP contribution in [0.4, 0.5) is 0 Å². The molecule has 1 aliphatic rings. The van der Waals surface area contributed by atoms with E-state index in [9.17, 15) is 9.90 Å². The number of phenols is 1. The number of likely N-dealkylation sites (tertiary alicyclic amines) is 1. The Morgan fingerprint density at radius 1 is 1.35 bits per heavy atom. The molecule has 0 spiro atoms. The summed E-state index contributed by atoms with van der Waals surface area (Å²) in [6.07, 6.45) is 1.79. The smallest absolute Gasteiger partial charge is 0.251 e. The Labute approximate surface area is 123 Å². The Morgan fingerprint density at radius 2 is 1.95 bits per heavy atom. The molecule has 6 heteroatoms. The Balaban J connectivity index is 1.82. The minimum Gasteiger partial charge on any atom is -0.508 e.